The smallest absolute Gasteiger partial charge is 0.226 e. The molecule has 3 rings (SSSR count). The van der Waals surface area contributed by atoms with E-state index in [1.165, 1.54) is 0 Å². The van der Waals surface area contributed by atoms with Crippen LogP contribution in [0, 0.1) is 5.92 Å². The summed E-state index contributed by atoms with van der Waals surface area (Å²) in [5, 5.41) is 0.700. The molecule has 1 saturated heterocycles. The zero-order valence-corrected chi connectivity index (χ0v) is 15.0. The Morgan fingerprint density at radius 2 is 1.80 bits per heavy atom. The molecular weight excluding hydrogens is 336 g/mol. The third kappa shape index (κ3) is 5.46. The van der Waals surface area contributed by atoms with Crippen LogP contribution < -0.4 is 4.74 Å². The third-order valence-corrected chi connectivity index (χ3v) is 4.93. The SMILES string of the molecule is O=C(Cc1ccc(Cl)cc1)N1CCC(CCOc2ccncc2)CC1. The Kier molecular flexibility index (Phi) is 6.29. The topological polar surface area (TPSA) is 42.4 Å². The molecule has 1 aromatic heterocycles. The summed E-state index contributed by atoms with van der Waals surface area (Å²) in [6.45, 7) is 2.39. The standard InChI is InChI=1S/C20H23ClN2O2/c21-18-3-1-17(2-4-18)15-20(24)23-12-7-16(8-13-23)9-14-25-19-5-10-22-11-6-19/h1-6,10-11,16H,7-9,12-15H2. The van der Waals surface area contributed by atoms with Gasteiger partial charge in [-0.15, -0.1) is 0 Å². The van der Waals surface area contributed by atoms with Crippen LogP contribution in [0.5, 0.6) is 5.75 Å². The van der Waals surface area contributed by atoms with Crippen molar-refractivity contribution in [2.75, 3.05) is 19.7 Å². The molecule has 0 aliphatic carbocycles. The summed E-state index contributed by atoms with van der Waals surface area (Å²) in [5.74, 6) is 1.70. The van der Waals surface area contributed by atoms with E-state index in [9.17, 15) is 4.79 Å². The fourth-order valence-electron chi connectivity index (χ4n) is 3.14. The van der Waals surface area contributed by atoms with Crippen LogP contribution in [0.3, 0.4) is 0 Å². The number of aromatic nitrogens is 1. The molecule has 4 nitrogen and oxygen atoms in total. The number of nitrogens with zero attached hydrogens (tertiary/aromatic N) is 2. The number of pyridine rings is 1. The van der Waals surface area contributed by atoms with E-state index < -0.39 is 0 Å². The van der Waals surface area contributed by atoms with Gasteiger partial charge < -0.3 is 9.64 Å². The van der Waals surface area contributed by atoms with E-state index in [0.29, 0.717) is 24.0 Å². The summed E-state index contributed by atoms with van der Waals surface area (Å²) in [5.41, 5.74) is 1.02. The normalized spacial score (nSPS) is 15.2. The molecule has 1 aromatic carbocycles. The van der Waals surface area contributed by atoms with E-state index >= 15 is 0 Å². The fraction of sp³-hybridized carbons (Fsp3) is 0.400. The first-order valence-corrected chi connectivity index (χ1v) is 9.13. The average Bonchev–Trinajstić information content (AvgIpc) is 2.65. The molecule has 0 unspecified atom stereocenters. The van der Waals surface area contributed by atoms with Crippen LogP contribution in [0.2, 0.25) is 5.02 Å². The van der Waals surface area contributed by atoms with Gasteiger partial charge in [0.15, 0.2) is 0 Å². The van der Waals surface area contributed by atoms with Gasteiger partial charge >= 0.3 is 0 Å². The molecule has 0 bridgehead atoms. The molecule has 0 spiro atoms. The Balaban J connectivity index is 1.37. The van der Waals surface area contributed by atoms with E-state index in [1.54, 1.807) is 12.4 Å². The predicted molar refractivity (Wildman–Crippen MR) is 98.8 cm³/mol. The van der Waals surface area contributed by atoms with Gasteiger partial charge in [-0.25, -0.2) is 0 Å². The third-order valence-electron chi connectivity index (χ3n) is 4.68. The molecule has 0 atom stereocenters. The summed E-state index contributed by atoms with van der Waals surface area (Å²) in [6, 6.07) is 11.3. The van der Waals surface area contributed by atoms with Gasteiger partial charge in [0, 0.05) is 30.5 Å². The van der Waals surface area contributed by atoms with Crippen molar-refractivity contribution in [3.63, 3.8) is 0 Å². The zero-order valence-electron chi connectivity index (χ0n) is 14.2. The predicted octanol–water partition coefficient (Wildman–Crippen LogP) is 3.99. The molecule has 0 N–H and O–H groups in total. The summed E-state index contributed by atoms with van der Waals surface area (Å²) in [7, 11) is 0. The average molecular weight is 359 g/mol. The first kappa shape index (κ1) is 17.7. The Morgan fingerprint density at radius 3 is 2.48 bits per heavy atom. The largest absolute Gasteiger partial charge is 0.493 e. The quantitative estimate of drug-likeness (QED) is 0.784. The number of piperidine rings is 1. The maximum Gasteiger partial charge on any atom is 0.226 e. The van der Waals surface area contributed by atoms with Gasteiger partial charge in [-0.1, -0.05) is 23.7 Å². The van der Waals surface area contributed by atoms with Crippen LogP contribution in [0.15, 0.2) is 48.8 Å². The molecule has 1 fully saturated rings. The molecule has 1 aliphatic rings. The van der Waals surface area contributed by atoms with Crippen molar-refractivity contribution in [1.82, 2.24) is 9.88 Å². The van der Waals surface area contributed by atoms with E-state index in [1.807, 2.05) is 41.3 Å². The lowest BCUT2D eigenvalue weighted by Gasteiger charge is -2.32. The van der Waals surface area contributed by atoms with Gasteiger partial charge in [0.05, 0.1) is 13.0 Å². The highest BCUT2D eigenvalue weighted by molar-refractivity contribution is 6.30. The number of carbonyl (C=O) groups excluding carboxylic acids is 1. The number of likely N-dealkylation sites (tertiary alicyclic amines) is 1. The molecule has 0 radical (unpaired) electrons. The maximum absolute atomic E-state index is 12.4. The fourth-order valence-corrected chi connectivity index (χ4v) is 3.26. The molecular formula is C20H23ClN2O2. The van der Waals surface area contributed by atoms with Crippen molar-refractivity contribution in [1.29, 1.82) is 0 Å². The Morgan fingerprint density at radius 1 is 1.12 bits per heavy atom. The number of benzene rings is 1. The van der Waals surface area contributed by atoms with E-state index in [2.05, 4.69) is 4.98 Å². The second kappa shape index (κ2) is 8.86. The maximum atomic E-state index is 12.4. The molecule has 1 aliphatic heterocycles. The summed E-state index contributed by atoms with van der Waals surface area (Å²) >= 11 is 5.89. The van der Waals surface area contributed by atoms with Crippen molar-refractivity contribution >= 4 is 17.5 Å². The number of halogens is 1. The molecule has 25 heavy (non-hydrogen) atoms. The Bertz CT molecular complexity index is 668. The second-order valence-corrected chi connectivity index (χ2v) is 6.88. The Hall–Kier alpha value is -2.07. The second-order valence-electron chi connectivity index (χ2n) is 6.45. The van der Waals surface area contributed by atoms with Crippen LogP contribution in [-0.4, -0.2) is 35.5 Å². The summed E-state index contributed by atoms with van der Waals surface area (Å²) in [6.07, 6.45) is 7.05. The lowest BCUT2D eigenvalue weighted by molar-refractivity contribution is -0.131. The minimum atomic E-state index is 0.203. The molecule has 1 amide bonds. The van der Waals surface area contributed by atoms with Crippen molar-refractivity contribution < 1.29 is 9.53 Å². The van der Waals surface area contributed by atoms with Crippen molar-refractivity contribution in [2.45, 2.75) is 25.7 Å². The van der Waals surface area contributed by atoms with E-state index in [-0.39, 0.29) is 5.91 Å². The van der Waals surface area contributed by atoms with Crippen molar-refractivity contribution in [3.05, 3.63) is 59.4 Å². The number of hydrogen-bond donors (Lipinski definition) is 0. The van der Waals surface area contributed by atoms with E-state index in [0.717, 1.165) is 43.7 Å². The van der Waals surface area contributed by atoms with Gasteiger partial charge in [-0.2, -0.15) is 0 Å². The minimum absolute atomic E-state index is 0.203. The number of carbonyl (C=O) groups is 1. The molecule has 132 valence electrons. The van der Waals surface area contributed by atoms with E-state index in [4.69, 9.17) is 16.3 Å². The number of hydrogen-bond acceptors (Lipinski definition) is 3. The summed E-state index contributed by atoms with van der Waals surface area (Å²) < 4.78 is 5.74. The van der Waals surface area contributed by atoms with Gasteiger partial charge in [-0.3, -0.25) is 9.78 Å². The Labute approximate surface area is 153 Å². The van der Waals surface area contributed by atoms with Gasteiger partial charge in [0.2, 0.25) is 5.91 Å². The molecule has 2 heterocycles. The molecule has 2 aromatic rings. The van der Waals surface area contributed by atoms with Crippen molar-refractivity contribution in [3.8, 4) is 5.75 Å². The van der Waals surface area contributed by atoms with Gasteiger partial charge in [0.1, 0.15) is 5.75 Å². The highest BCUT2D eigenvalue weighted by Crippen LogP contribution is 2.22. The van der Waals surface area contributed by atoms with Crippen molar-refractivity contribution in [2.24, 2.45) is 5.92 Å². The lowest BCUT2D eigenvalue weighted by Crippen LogP contribution is -2.39. The number of amides is 1. The number of rotatable bonds is 6. The molecule has 5 heteroatoms. The highest BCUT2D eigenvalue weighted by Gasteiger charge is 2.22. The van der Waals surface area contributed by atoms with Crippen LogP contribution >= 0.6 is 11.6 Å². The summed E-state index contributed by atoms with van der Waals surface area (Å²) in [4.78, 5) is 18.4. The molecule has 0 saturated carbocycles. The van der Waals surface area contributed by atoms with Gasteiger partial charge in [0.25, 0.3) is 0 Å². The highest BCUT2D eigenvalue weighted by atomic mass is 35.5. The first-order chi connectivity index (χ1) is 12.2. The van der Waals surface area contributed by atoms with Crippen LogP contribution in [0.1, 0.15) is 24.8 Å². The van der Waals surface area contributed by atoms with Crippen LogP contribution in [-0.2, 0) is 11.2 Å². The monoisotopic (exact) mass is 358 g/mol. The lowest BCUT2D eigenvalue weighted by atomic mass is 9.93. The van der Waals surface area contributed by atoms with Gasteiger partial charge in [-0.05, 0) is 55.0 Å². The first-order valence-electron chi connectivity index (χ1n) is 8.76. The van der Waals surface area contributed by atoms with Crippen LogP contribution in [0.4, 0.5) is 0 Å². The number of ether oxygens (including phenoxy) is 1. The van der Waals surface area contributed by atoms with Crippen LogP contribution in [0.25, 0.3) is 0 Å². The minimum Gasteiger partial charge on any atom is -0.493 e. The zero-order chi connectivity index (χ0) is 17.5.